The Morgan fingerprint density at radius 2 is 1.65 bits per heavy atom. The van der Waals surface area contributed by atoms with E-state index in [1.807, 2.05) is 75.4 Å². The molecule has 0 fully saturated rings. The van der Waals surface area contributed by atoms with Crippen molar-refractivity contribution in [2.45, 2.75) is 52.2 Å². The molecule has 0 aliphatic heterocycles. The van der Waals surface area contributed by atoms with Gasteiger partial charge in [0.1, 0.15) is 12.6 Å². The van der Waals surface area contributed by atoms with Gasteiger partial charge in [0, 0.05) is 28.5 Å². The summed E-state index contributed by atoms with van der Waals surface area (Å²) in [5, 5.41) is 3.41. The minimum Gasteiger partial charge on any atom is -0.352 e. The van der Waals surface area contributed by atoms with Crippen LogP contribution in [0.25, 0.3) is 0 Å². The van der Waals surface area contributed by atoms with Gasteiger partial charge in [-0.05, 0) is 61.2 Å². The molecular weight excluding hydrogens is 614 g/mol. The average molecular weight is 649 g/mol. The third-order valence-corrected chi connectivity index (χ3v) is 8.74. The first-order chi connectivity index (χ1) is 18.9. The van der Waals surface area contributed by atoms with Gasteiger partial charge in [-0.2, -0.15) is 0 Å². The molecule has 0 unspecified atom stereocenters. The van der Waals surface area contributed by atoms with Crippen LogP contribution in [0.5, 0.6) is 0 Å². The number of aryl methyl sites for hydroxylation is 1. The molecule has 0 spiro atoms. The Morgan fingerprint density at radius 3 is 2.23 bits per heavy atom. The standard InChI is InChI=1S/C30H35BrClN3O4S/c1-5-22(3)33-30(37)28(17-23-9-7-6-8-10-23)34(19-24-12-14-25(31)15-13-24)29(36)20-35(40(4,38)39)26-16-11-21(2)27(32)18-26/h6-16,18,22,28H,5,17,19-20H2,1-4H3,(H,33,37)/t22-,28+/m1/s1. The fourth-order valence-corrected chi connectivity index (χ4v) is 5.41. The van der Waals surface area contributed by atoms with Crippen LogP contribution in [0, 0.1) is 6.92 Å². The lowest BCUT2D eigenvalue weighted by Crippen LogP contribution is -2.54. The number of hydrogen-bond donors (Lipinski definition) is 1. The largest absolute Gasteiger partial charge is 0.352 e. The van der Waals surface area contributed by atoms with Gasteiger partial charge in [0.05, 0.1) is 11.9 Å². The third-order valence-electron chi connectivity index (χ3n) is 6.66. The average Bonchev–Trinajstić information content (AvgIpc) is 2.91. The SMILES string of the molecule is CC[C@@H](C)NC(=O)[C@H](Cc1ccccc1)N(Cc1ccc(Br)cc1)C(=O)CN(c1ccc(C)c(Cl)c1)S(C)(=O)=O. The summed E-state index contributed by atoms with van der Waals surface area (Å²) in [6, 6.07) is 20.8. The van der Waals surface area contributed by atoms with E-state index >= 15 is 0 Å². The molecule has 40 heavy (non-hydrogen) atoms. The van der Waals surface area contributed by atoms with Crippen molar-refractivity contribution in [3.05, 3.63) is 99.0 Å². The number of rotatable bonds is 12. The molecule has 2 amide bonds. The van der Waals surface area contributed by atoms with Crippen molar-refractivity contribution >= 4 is 55.1 Å². The Kier molecular flexibility index (Phi) is 11.2. The molecule has 0 saturated carbocycles. The lowest BCUT2D eigenvalue weighted by molar-refractivity contribution is -0.140. The van der Waals surface area contributed by atoms with Gasteiger partial charge in [-0.3, -0.25) is 13.9 Å². The summed E-state index contributed by atoms with van der Waals surface area (Å²) in [5.74, 6) is -0.807. The van der Waals surface area contributed by atoms with Gasteiger partial charge in [0.2, 0.25) is 21.8 Å². The van der Waals surface area contributed by atoms with Crippen LogP contribution < -0.4 is 9.62 Å². The second-order valence-corrected chi connectivity index (χ2v) is 13.1. The van der Waals surface area contributed by atoms with Crippen LogP contribution in [0.3, 0.4) is 0 Å². The van der Waals surface area contributed by atoms with Crippen LogP contribution in [0.1, 0.15) is 37.0 Å². The highest BCUT2D eigenvalue weighted by atomic mass is 79.9. The van der Waals surface area contributed by atoms with Gasteiger partial charge in [-0.15, -0.1) is 0 Å². The molecular formula is C30H35BrClN3O4S. The molecule has 0 heterocycles. The number of carbonyl (C=O) groups is 2. The molecule has 1 N–H and O–H groups in total. The second kappa shape index (κ2) is 14.1. The first-order valence-electron chi connectivity index (χ1n) is 13.0. The Bertz CT molecular complexity index is 1420. The van der Waals surface area contributed by atoms with Crippen molar-refractivity contribution in [3.8, 4) is 0 Å². The highest BCUT2D eigenvalue weighted by molar-refractivity contribution is 9.10. The van der Waals surface area contributed by atoms with Crippen LogP contribution in [0.15, 0.2) is 77.3 Å². The molecule has 7 nitrogen and oxygen atoms in total. The lowest BCUT2D eigenvalue weighted by Gasteiger charge is -2.34. The molecule has 0 radical (unpaired) electrons. The minimum atomic E-state index is -3.86. The number of sulfonamides is 1. The fourth-order valence-electron chi connectivity index (χ4n) is 4.13. The Morgan fingerprint density at radius 1 is 1.00 bits per heavy atom. The first kappa shape index (κ1) is 31.6. The van der Waals surface area contributed by atoms with Crippen molar-refractivity contribution in [2.75, 3.05) is 17.1 Å². The Balaban J connectivity index is 2.06. The van der Waals surface area contributed by atoms with Gasteiger partial charge in [-0.1, -0.05) is 83.0 Å². The molecule has 10 heteroatoms. The predicted octanol–water partition coefficient (Wildman–Crippen LogP) is 5.73. The fraction of sp³-hybridized carbons (Fsp3) is 0.333. The molecule has 0 aliphatic rings. The number of halogens is 2. The number of amides is 2. The third kappa shape index (κ3) is 8.81. The molecule has 3 aromatic rings. The van der Waals surface area contributed by atoms with Crippen molar-refractivity contribution in [1.82, 2.24) is 10.2 Å². The maximum Gasteiger partial charge on any atom is 0.244 e. The van der Waals surface area contributed by atoms with Crippen LogP contribution in [-0.2, 0) is 32.6 Å². The number of benzene rings is 3. The normalized spacial score (nSPS) is 12.8. The molecule has 0 aromatic heterocycles. The number of nitrogens with one attached hydrogen (secondary N) is 1. The highest BCUT2D eigenvalue weighted by Crippen LogP contribution is 2.26. The molecule has 3 rings (SSSR count). The number of carbonyl (C=O) groups excluding carboxylic acids is 2. The summed E-state index contributed by atoms with van der Waals surface area (Å²) >= 11 is 9.73. The van der Waals surface area contributed by atoms with Gasteiger partial charge in [0.15, 0.2) is 0 Å². The topological polar surface area (TPSA) is 86.8 Å². The number of nitrogens with zero attached hydrogens (tertiary/aromatic N) is 2. The van der Waals surface area contributed by atoms with Gasteiger partial charge in [0.25, 0.3) is 0 Å². The quantitative estimate of drug-likeness (QED) is 0.272. The lowest BCUT2D eigenvalue weighted by atomic mass is 10.0. The monoisotopic (exact) mass is 647 g/mol. The molecule has 0 saturated heterocycles. The highest BCUT2D eigenvalue weighted by Gasteiger charge is 2.33. The first-order valence-corrected chi connectivity index (χ1v) is 16.0. The number of anilines is 1. The summed E-state index contributed by atoms with van der Waals surface area (Å²) in [4.78, 5) is 29.2. The van der Waals surface area contributed by atoms with Crippen molar-refractivity contribution in [2.24, 2.45) is 0 Å². The second-order valence-electron chi connectivity index (χ2n) is 9.87. The van der Waals surface area contributed by atoms with Crippen molar-refractivity contribution in [1.29, 1.82) is 0 Å². The molecule has 0 aliphatic carbocycles. The van der Waals surface area contributed by atoms with E-state index < -0.39 is 28.5 Å². The summed E-state index contributed by atoms with van der Waals surface area (Å²) in [6.07, 6.45) is 2.03. The van der Waals surface area contributed by atoms with E-state index in [1.54, 1.807) is 12.1 Å². The molecule has 214 valence electrons. The van der Waals surface area contributed by atoms with E-state index in [0.29, 0.717) is 5.02 Å². The van der Waals surface area contributed by atoms with E-state index in [2.05, 4.69) is 21.2 Å². The van der Waals surface area contributed by atoms with E-state index in [-0.39, 0.29) is 30.6 Å². The molecule has 3 aromatic carbocycles. The van der Waals surface area contributed by atoms with Crippen molar-refractivity contribution < 1.29 is 18.0 Å². The Labute approximate surface area is 250 Å². The van der Waals surface area contributed by atoms with Gasteiger partial charge in [-0.25, -0.2) is 8.42 Å². The molecule has 0 bridgehead atoms. The number of hydrogen-bond acceptors (Lipinski definition) is 4. The van der Waals surface area contributed by atoms with Crippen LogP contribution in [0.2, 0.25) is 5.02 Å². The summed E-state index contributed by atoms with van der Waals surface area (Å²) in [6.45, 7) is 5.32. The molecule has 2 atom stereocenters. The van der Waals surface area contributed by atoms with E-state index in [1.165, 1.54) is 11.0 Å². The Hall–Kier alpha value is -2.88. The maximum absolute atomic E-state index is 14.1. The summed E-state index contributed by atoms with van der Waals surface area (Å²) in [5.41, 5.74) is 2.74. The zero-order valence-electron chi connectivity index (χ0n) is 23.1. The van der Waals surface area contributed by atoms with E-state index in [0.717, 1.165) is 38.1 Å². The zero-order valence-corrected chi connectivity index (χ0v) is 26.3. The van der Waals surface area contributed by atoms with Crippen LogP contribution in [-0.4, -0.2) is 50.0 Å². The zero-order chi connectivity index (χ0) is 29.4. The maximum atomic E-state index is 14.1. The van der Waals surface area contributed by atoms with Crippen LogP contribution in [0.4, 0.5) is 5.69 Å². The summed E-state index contributed by atoms with van der Waals surface area (Å²) in [7, 11) is -3.86. The van der Waals surface area contributed by atoms with Crippen LogP contribution >= 0.6 is 27.5 Å². The summed E-state index contributed by atoms with van der Waals surface area (Å²) < 4.78 is 27.7. The van der Waals surface area contributed by atoms with E-state index in [9.17, 15) is 18.0 Å². The smallest absolute Gasteiger partial charge is 0.244 e. The predicted molar refractivity (Wildman–Crippen MR) is 165 cm³/mol. The van der Waals surface area contributed by atoms with Gasteiger partial charge >= 0.3 is 0 Å². The van der Waals surface area contributed by atoms with Gasteiger partial charge < -0.3 is 10.2 Å². The minimum absolute atomic E-state index is 0.0994. The van der Waals surface area contributed by atoms with Crippen molar-refractivity contribution in [3.63, 3.8) is 0 Å². The van der Waals surface area contributed by atoms with E-state index in [4.69, 9.17) is 11.6 Å².